The molecule has 1 nitrogen and oxygen atoms in total. The normalized spacial score (nSPS) is 13.5. The fourth-order valence-electron chi connectivity index (χ4n) is 1.29. The first-order valence-corrected chi connectivity index (χ1v) is 7.36. The molecule has 0 N–H and O–H groups in total. The lowest BCUT2D eigenvalue weighted by molar-refractivity contribution is 0.166. The number of alkyl halides is 1. The Balaban J connectivity index is 2.63. The van der Waals surface area contributed by atoms with Crippen LogP contribution in [0.25, 0.3) is 0 Å². The predicted octanol–water partition coefficient (Wildman–Crippen LogP) is 5.43. The highest BCUT2D eigenvalue weighted by atomic mass is 79.9. The van der Waals surface area contributed by atoms with Gasteiger partial charge in [0, 0.05) is 17.3 Å². The minimum absolute atomic E-state index is 0.208. The third kappa shape index (κ3) is 4.69. The molecule has 0 saturated heterocycles. The maximum Gasteiger partial charge on any atom is 0.120 e. The minimum Gasteiger partial charge on any atom is -0.493 e. The average molecular weight is 340 g/mol. The topological polar surface area (TPSA) is 9.23 Å². The van der Waals surface area contributed by atoms with Crippen LogP contribution in [0.2, 0.25) is 10.0 Å². The number of ether oxygens (including phenoxy) is 1. The molecule has 1 rings (SSSR count). The molecule has 0 aliphatic heterocycles. The second kappa shape index (κ2) is 6.31. The molecule has 0 saturated carbocycles. The second-order valence-corrected chi connectivity index (χ2v) is 6.57. The summed E-state index contributed by atoms with van der Waals surface area (Å²) in [5.74, 6) is 1.20. The number of hydrogen-bond acceptors (Lipinski definition) is 1. The first kappa shape index (κ1) is 15.1. The molecule has 17 heavy (non-hydrogen) atoms. The van der Waals surface area contributed by atoms with Crippen LogP contribution in [-0.2, 0) is 0 Å². The van der Waals surface area contributed by atoms with E-state index in [0.717, 1.165) is 11.1 Å². The Bertz CT molecular complexity index is 374. The molecule has 0 aliphatic rings. The molecular formula is C13H17BrCl2O. The van der Waals surface area contributed by atoms with Gasteiger partial charge in [-0.05, 0) is 17.5 Å². The third-order valence-electron chi connectivity index (χ3n) is 2.75. The smallest absolute Gasteiger partial charge is 0.120 e. The highest BCUT2D eigenvalue weighted by molar-refractivity contribution is 9.09. The lowest BCUT2D eigenvalue weighted by Gasteiger charge is -2.29. The van der Waals surface area contributed by atoms with E-state index in [-0.39, 0.29) is 5.41 Å². The second-order valence-electron chi connectivity index (χ2n) is 5.10. The Morgan fingerprint density at radius 2 is 1.88 bits per heavy atom. The summed E-state index contributed by atoms with van der Waals surface area (Å²) in [5, 5.41) is 1.99. The molecule has 0 spiro atoms. The van der Waals surface area contributed by atoms with Crippen molar-refractivity contribution in [3.63, 3.8) is 0 Å². The van der Waals surface area contributed by atoms with Gasteiger partial charge in [0.15, 0.2) is 0 Å². The van der Waals surface area contributed by atoms with Crippen molar-refractivity contribution in [3.8, 4) is 5.75 Å². The van der Waals surface area contributed by atoms with Crippen molar-refractivity contribution in [2.24, 2.45) is 11.3 Å². The molecule has 1 atom stereocenters. The summed E-state index contributed by atoms with van der Waals surface area (Å²) < 4.78 is 5.75. The lowest BCUT2D eigenvalue weighted by Crippen LogP contribution is -2.27. The zero-order valence-electron chi connectivity index (χ0n) is 10.3. The van der Waals surface area contributed by atoms with E-state index in [2.05, 4.69) is 36.7 Å². The maximum atomic E-state index is 5.93. The summed E-state index contributed by atoms with van der Waals surface area (Å²) in [5.41, 5.74) is 0.208. The van der Waals surface area contributed by atoms with Gasteiger partial charge < -0.3 is 4.74 Å². The highest BCUT2D eigenvalue weighted by Crippen LogP contribution is 2.30. The summed E-state index contributed by atoms with van der Waals surface area (Å²) in [6, 6.07) is 5.33. The van der Waals surface area contributed by atoms with Crippen LogP contribution in [0.15, 0.2) is 18.2 Å². The molecular weight excluding hydrogens is 323 g/mol. The molecule has 0 fully saturated rings. The van der Waals surface area contributed by atoms with Gasteiger partial charge in [0.1, 0.15) is 5.75 Å². The van der Waals surface area contributed by atoms with Crippen LogP contribution in [0.5, 0.6) is 5.75 Å². The molecule has 1 aromatic rings. The van der Waals surface area contributed by atoms with Gasteiger partial charge in [0.05, 0.1) is 16.7 Å². The molecule has 0 aliphatic carbocycles. The van der Waals surface area contributed by atoms with Crippen molar-refractivity contribution < 1.29 is 4.74 Å². The fourth-order valence-corrected chi connectivity index (χ4v) is 2.74. The van der Waals surface area contributed by atoms with Crippen molar-refractivity contribution in [1.82, 2.24) is 0 Å². The summed E-state index contributed by atoms with van der Waals surface area (Å²) in [6.45, 7) is 7.28. The maximum absolute atomic E-state index is 5.93. The Kier molecular flexibility index (Phi) is 5.62. The Hall–Kier alpha value is 0.0800. The van der Waals surface area contributed by atoms with Crippen LogP contribution >= 0.6 is 39.1 Å². The van der Waals surface area contributed by atoms with Gasteiger partial charge in [-0.1, -0.05) is 59.9 Å². The van der Waals surface area contributed by atoms with Crippen molar-refractivity contribution in [2.45, 2.75) is 20.8 Å². The molecule has 96 valence electrons. The van der Waals surface area contributed by atoms with Crippen molar-refractivity contribution in [2.75, 3.05) is 11.9 Å². The lowest BCUT2D eigenvalue weighted by atomic mass is 9.83. The zero-order valence-corrected chi connectivity index (χ0v) is 13.4. The van der Waals surface area contributed by atoms with E-state index in [1.165, 1.54) is 0 Å². The van der Waals surface area contributed by atoms with Gasteiger partial charge in [0.2, 0.25) is 0 Å². The van der Waals surface area contributed by atoms with Gasteiger partial charge >= 0.3 is 0 Å². The predicted molar refractivity (Wildman–Crippen MR) is 78.7 cm³/mol. The van der Waals surface area contributed by atoms with Gasteiger partial charge in [-0.2, -0.15) is 0 Å². The molecule has 0 aromatic heterocycles. The van der Waals surface area contributed by atoms with E-state index in [4.69, 9.17) is 27.9 Å². The van der Waals surface area contributed by atoms with E-state index >= 15 is 0 Å². The van der Waals surface area contributed by atoms with Crippen molar-refractivity contribution >= 4 is 39.1 Å². The SMILES string of the molecule is CC(C)(C)C(CBr)COc1ccc(Cl)c(Cl)c1. The van der Waals surface area contributed by atoms with E-state index < -0.39 is 0 Å². The van der Waals surface area contributed by atoms with Crippen LogP contribution in [0, 0.1) is 11.3 Å². The number of rotatable bonds is 4. The molecule has 0 bridgehead atoms. The van der Waals surface area contributed by atoms with Crippen LogP contribution in [-0.4, -0.2) is 11.9 Å². The van der Waals surface area contributed by atoms with Gasteiger partial charge in [-0.25, -0.2) is 0 Å². The largest absolute Gasteiger partial charge is 0.493 e. The van der Waals surface area contributed by atoms with E-state index in [1.54, 1.807) is 12.1 Å². The van der Waals surface area contributed by atoms with Crippen molar-refractivity contribution in [1.29, 1.82) is 0 Å². The monoisotopic (exact) mass is 338 g/mol. The Labute approximate surface area is 122 Å². The van der Waals surface area contributed by atoms with E-state index in [1.807, 2.05) is 6.07 Å². The summed E-state index contributed by atoms with van der Waals surface area (Å²) in [7, 11) is 0. The number of benzene rings is 1. The first-order chi connectivity index (χ1) is 7.84. The number of halogens is 3. The quantitative estimate of drug-likeness (QED) is 0.664. The molecule has 1 unspecified atom stereocenters. The zero-order chi connectivity index (χ0) is 13.1. The fraction of sp³-hybridized carbons (Fsp3) is 0.538. The molecule has 1 aromatic carbocycles. The first-order valence-electron chi connectivity index (χ1n) is 5.48. The third-order valence-corrected chi connectivity index (χ3v) is 4.27. The number of hydrogen-bond donors (Lipinski definition) is 0. The minimum atomic E-state index is 0.208. The summed E-state index contributed by atoms with van der Waals surface area (Å²) >= 11 is 15.3. The van der Waals surface area contributed by atoms with E-state index in [0.29, 0.717) is 22.6 Å². The van der Waals surface area contributed by atoms with Gasteiger partial charge in [-0.3, -0.25) is 0 Å². The van der Waals surface area contributed by atoms with Gasteiger partial charge in [0.25, 0.3) is 0 Å². The Morgan fingerprint density at radius 1 is 1.24 bits per heavy atom. The molecule has 4 heteroatoms. The van der Waals surface area contributed by atoms with Crippen LogP contribution in [0.3, 0.4) is 0 Å². The van der Waals surface area contributed by atoms with Crippen LogP contribution in [0.4, 0.5) is 0 Å². The summed E-state index contributed by atoms with van der Waals surface area (Å²) in [6.07, 6.45) is 0. The van der Waals surface area contributed by atoms with Crippen molar-refractivity contribution in [3.05, 3.63) is 28.2 Å². The average Bonchev–Trinajstić information content (AvgIpc) is 2.22. The van der Waals surface area contributed by atoms with E-state index in [9.17, 15) is 0 Å². The molecule has 0 heterocycles. The Morgan fingerprint density at radius 3 is 2.35 bits per heavy atom. The standard InChI is InChI=1S/C13H17BrCl2O/c1-13(2,3)9(7-14)8-17-10-4-5-11(15)12(16)6-10/h4-6,9H,7-8H2,1-3H3. The molecule has 0 radical (unpaired) electrons. The highest BCUT2D eigenvalue weighted by Gasteiger charge is 2.24. The van der Waals surface area contributed by atoms with Crippen LogP contribution in [0.1, 0.15) is 20.8 Å². The molecule has 0 amide bonds. The van der Waals surface area contributed by atoms with Gasteiger partial charge in [-0.15, -0.1) is 0 Å². The van der Waals surface area contributed by atoms with Crippen LogP contribution < -0.4 is 4.74 Å². The summed E-state index contributed by atoms with van der Waals surface area (Å²) in [4.78, 5) is 0.